The monoisotopic (exact) mass is 384 g/mol. The van der Waals surface area contributed by atoms with Gasteiger partial charge in [-0.3, -0.25) is 4.79 Å². The average Bonchev–Trinajstić information content (AvgIpc) is 3.09. The third-order valence-electron chi connectivity index (χ3n) is 4.12. The van der Waals surface area contributed by atoms with E-state index in [-0.39, 0.29) is 18.4 Å². The first-order valence-corrected chi connectivity index (χ1v) is 8.61. The van der Waals surface area contributed by atoms with Gasteiger partial charge in [0.1, 0.15) is 6.04 Å². The molecule has 12 heteroatoms. The number of urea groups is 1. The minimum Gasteiger partial charge on any atom is -0.480 e. The summed E-state index contributed by atoms with van der Waals surface area (Å²) in [5.74, 6) is -1.74. The molecule has 3 amide bonds. The van der Waals surface area contributed by atoms with E-state index < -0.39 is 36.1 Å². The van der Waals surface area contributed by atoms with Crippen LogP contribution in [0.4, 0.5) is 4.79 Å². The quantitative estimate of drug-likeness (QED) is 0.324. The maximum atomic E-state index is 12.1. The number of piperidine rings is 1. The number of carbonyl (C=O) groups excluding carboxylic acids is 2. The lowest BCUT2D eigenvalue weighted by Gasteiger charge is -2.20. The second kappa shape index (κ2) is 9.28. The van der Waals surface area contributed by atoms with E-state index in [2.05, 4.69) is 26.1 Å². The van der Waals surface area contributed by atoms with E-state index in [1.807, 2.05) is 0 Å². The van der Waals surface area contributed by atoms with E-state index >= 15 is 0 Å². The smallest absolute Gasteiger partial charge is 0.328 e. The van der Waals surface area contributed by atoms with Crippen molar-refractivity contribution in [2.75, 3.05) is 6.54 Å². The first-order chi connectivity index (χ1) is 12.8. The van der Waals surface area contributed by atoms with Crippen LogP contribution in [0.5, 0.6) is 0 Å². The van der Waals surface area contributed by atoms with Crippen molar-refractivity contribution < 1.29 is 29.1 Å². The summed E-state index contributed by atoms with van der Waals surface area (Å²) in [6.45, 7) is 2.05. The summed E-state index contributed by atoms with van der Waals surface area (Å²) in [4.78, 5) is 38.7. The zero-order valence-corrected chi connectivity index (χ0v) is 14.8. The molecular weight excluding hydrogens is 360 g/mol. The summed E-state index contributed by atoms with van der Waals surface area (Å²) in [5.41, 5.74) is 5.21. The number of carbonyl (C=O) groups is 3. The summed E-state index contributed by atoms with van der Waals surface area (Å²) in [6.07, 6.45) is 1.27. The Hall–Kier alpha value is -2.73. The van der Waals surface area contributed by atoms with Crippen LogP contribution in [0.15, 0.2) is 4.52 Å². The average molecular weight is 384 g/mol. The van der Waals surface area contributed by atoms with Gasteiger partial charge in [-0.1, -0.05) is 11.6 Å². The predicted molar refractivity (Wildman–Crippen MR) is 90.2 cm³/mol. The fourth-order valence-electron chi connectivity index (χ4n) is 2.73. The number of aliphatic hydroxyl groups is 1. The lowest BCUT2D eigenvalue weighted by molar-refractivity contribution is -0.141. The summed E-state index contributed by atoms with van der Waals surface area (Å²) < 4.78 is 5.16. The maximum Gasteiger partial charge on any atom is 0.328 e. The van der Waals surface area contributed by atoms with Crippen LogP contribution in [0, 0.1) is 0 Å². The molecule has 12 nitrogen and oxygen atoms in total. The van der Waals surface area contributed by atoms with Crippen molar-refractivity contribution in [2.45, 2.75) is 56.8 Å². The van der Waals surface area contributed by atoms with Crippen LogP contribution in [-0.4, -0.2) is 57.0 Å². The third-order valence-corrected chi connectivity index (χ3v) is 4.12. The van der Waals surface area contributed by atoms with Gasteiger partial charge in [-0.25, -0.2) is 9.59 Å². The number of carboxylic acids is 1. The van der Waals surface area contributed by atoms with Gasteiger partial charge in [-0.2, -0.15) is 4.98 Å². The van der Waals surface area contributed by atoms with Crippen LogP contribution >= 0.6 is 0 Å². The third kappa shape index (κ3) is 5.89. The number of aliphatic carboxylic acids is 1. The van der Waals surface area contributed by atoms with Crippen LogP contribution in [-0.2, 0) is 9.59 Å². The fourth-order valence-corrected chi connectivity index (χ4v) is 2.73. The van der Waals surface area contributed by atoms with Crippen LogP contribution in [0.3, 0.4) is 0 Å². The molecule has 2 rings (SSSR count). The van der Waals surface area contributed by atoms with Crippen LogP contribution < -0.4 is 21.7 Å². The molecule has 0 spiro atoms. The summed E-state index contributed by atoms with van der Waals surface area (Å²) in [6, 6.07) is -3.56. The largest absolute Gasteiger partial charge is 0.480 e. The standard InChI is InChI=1S/C15H24N6O6/c1-7(22)11(14(24)25)19-15(26)18-9(6-10(16)23)13-20-12(21-27-13)8-4-2-3-5-17-8/h7-9,11,17,22H,2-6H2,1H3,(H2,16,23)(H,24,25)(H2,18,19,26)/t7?,8-,9-,11?/m0/s1. The van der Waals surface area contributed by atoms with E-state index in [1.165, 1.54) is 6.92 Å². The molecule has 0 radical (unpaired) electrons. The van der Waals surface area contributed by atoms with Crippen molar-refractivity contribution >= 4 is 17.9 Å². The van der Waals surface area contributed by atoms with Crippen LogP contribution in [0.25, 0.3) is 0 Å². The van der Waals surface area contributed by atoms with Gasteiger partial charge in [0.15, 0.2) is 11.9 Å². The van der Waals surface area contributed by atoms with Crippen molar-refractivity contribution in [3.8, 4) is 0 Å². The molecule has 0 saturated carbocycles. The molecule has 27 heavy (non-hydrogen) atoms. The van der Waals surface area contributed by atoms with Crippen LogP contribution in [0.2, 0.25) is 0 Å². The van der Waals surface area contributed by atoms with Gasteiger partial charge in [0.25, 0.3) is 0 Å². The number of primary amides is 1. The first kappa shape index (κ1) is 20.6. The molecule has 2 heterocycles. The number of amides is 3. The van der Waals surface area contributed by atoms with Gasteiger partial charge < -0.3 is 36.4 Å². The molecule has 0 bridgehead atoms. The fraction of sp³-hybridized carbons (Fsp3) is 0.667. The van der Waals surface area contributed by atoms with Crippen molar-refractivity contribution in [2.24, 2.45) is 5.73 Å². The second-order valence-electron chi connectivity index (χ2n) is 6.39. The Morgan fingerprint density at radius 1 is 1.37 bits per heavy atom. The Kier molecular flexibility index (Phi) is 7.07. The number of hydrogen-bond acceptors (Lipinski definition) is 8. The van der Waals surface area contributed by atoms with Gasteiger partial charge >= 0.3 is 12.0 Å². The number of aromatic nitrogens is 2. The molecule has 1 aromatic heterocycles. The lowest BCUT2D eigenvalue weighted by atomic mass is 10.0. The van der Waals surface area contributed by atoms with Crippen molar-refractivity contribution in [1.29, 1.82) is 0 Å². The molecule has 1 aliphatic heterocycles. The molecule has 1 saturated heterocycles. The molecule has 1 aromatic rings. The Bertz CT molecular complexity index is 672. The molecule has 0 aromatic carbocycles. The Balaban J connectivity index is 2.08. The predicted octanol–water partition coefficient (Wildman–Crippen LogP) is -1.07. The van der Waals surface area contributed by atoms with E-state index in [4.69, 9.17) is 15.4 Å². The molecule has 150 valence electrons. The highest BCUT2D eigenvalue weighted by atomic mass is 16.5. The highest BCUT2D eigenvalue weighted by Crippen LogP contribution is 2.23. The van der Waals surface area contributed by atoms with Gasteiger partial charge in [0, 0.05) is 0 Å². The number of hydrogen-bond donors (Lipinski definition) is 6. The molecule has 0 aliphatic carbocycles. The van der Waals surface area contributed by atoms with Crippen molar-refractivity contribution in [3.63, 3.8) is 0 Å². The normalized spacial score (nSPS) is 20.3. The SMILES string of the molecule is CC(O)C(NC(=O)N[C@@H](CC(N)=O)c1nc([C@@H]2CCCCN2)no1)C(=O)O. The lowest BCUT2D eigenvalue weighted by Crippen LogP contribution is -2.52. The molecule has 1 fully saturated rings. The van der Waals surface area contributed by atoms with Gasteiger partial charge in [0.2, 0.25) is 11.8 Å². The number of nitrogens with zero attached hydrogens (tertiary/aromatic N) is 2. The zero-order valence-electron chi connectivity index (χ0n) is 14.8. The maximum absolute atomic E-state index is 12.1. The molecule has 2 unspecified atom stereocenters. The number of rotatable bonds is 8. The van der Waals surface area contributed by atoms with E-state index in [0.717, 1.165) is 25.8 Å². The summed E-state index contributed by atoms with van der Waals surface area (Å²) in [7, 11) is 0. The van der Waals surface area contributed by atoms with Crippen LogP contribution in [0.1, 0.15) is 56.4 Å². The molecule has 7 N–H and O–H groups in total. The van der Waals surface area contributed by atoms with Crippen molar-refractivity contribution in [1.82, 2.24) is 26.1 Å². The number of carboxylic acid groups (broad SMARTS) is 1. The van der Waals surface area contributed by atoms with E-state index in [9.17, 15) is 19.5 Å². The Morgan fingerprint density at radius 3 is 2.67 bits per heavy atom. The van der Waals surface area contributed by atoms with Gasteiger partial charge in [0.05, 0.1) is 18.6 Å². The molecular formula is C15H24N6O6. The summed E-state index contributed by atoms with van der Waals surface area (Å²) in [5, 5.41) is 30.1. The Morgan fingerprint density at radius 2 is 2.11 bits per heavy atom. The van der Waals surface area contributed by atoms with E-state index in [0.29, 0.717) is 5.82 Å². The minimum absolute atomic E-state index is 0.0183. The molecule has 1 aliphatic rings. The zero-order chi connectivity index (χ0) is 20.0. The highest BCUT2D eigenvalue weighted by Gasteiger charge is 2.29. The van der Waals surface area contributed by atoms with Gasteiger partial charge in [-0.05, 0) is 26.3 Å². The van der Waals surface area contributed by atoms with Gasteiger partial charge in [-0.15, -0.1) is 0 Å². The molecule has 4 atom stereocenters. The number of aliphatic hydroxyl groups excluding tert-OH is 1. The Labute approximate surface area is 154 Å². The van der Waals surface area contributed by atoms with Crippen molar-refractivity contribution in [3.05, 3.63) is 11.7 Å². The first-order valence-electron chi connectivity index (χ1n) is 8.61. The number of nitrogens with one attached hydrogen (secondary N) is 3. The topological polar surface area (TPSA) is 193 Å². The minimum atomic E-state index is -1.52. The second-order valence-corrected chi connectivity index (χ2v) is 6.39. The summed E-state index contributed by atoms with van der Waals surface area (Å²) >= 11 is 0. The number of nitrogens with two attached hydrogens (primary N) is 1. The highest BCUT2D eigenvalue weighted by molar-refractivity contribution is 5.83. The van der Waals surface area contributed by atoms with E-state index in [1.54, 1.807) is 0 Å².